The zero-order valence-corrected chi connectivity index (χ0v) is 17.1. The standard InChI is InChI=1S/C19H14N4O5S2/c1-10-6-8-11(9-7-10)30(27,28)23-22-15-14(16(24)18(26)21-17(15)25)19-20-12-4-2-3-5-13(12)29-19/h2-9,14,23H,1H3,(H,21,25,26)/b22-15+/t14-/m0/s1. The molecule has 1 aliphatic heterocycles. The zero-order valence-electron chi connectivity index (χ0n) is 15.4. The van der Waals surface area contributed by atoms with Crippen LogP contribution in [0.4, 0.5) is 0 Å². The normalized spacial score (nSPS) is 18.6. The molecular weight excluding hydrogens is 428 g/mol. The number of benzene rings is 2. The van der Waals surface area contributed by atoms with Crippen molar-refractivity contribution in [3.63, 3.8) is 0 Å². The number of para-hydroxylation sites is 1. The SMILES string of the molecule is Cc1ccc(S(=O)(=O)N/N=C2/C(=O)NC(=O)C(=O)[C@H]2c2nc3ccccc3s2)cc1. The first kappa shape index (κ1) is 19.9. The molecular formula is C19H14N4O5S2. The molecule has 3 aromatic rings. The number of hydrazone groups is 1. The van der Waals surface area contributed by atoms with Crippen LogP contribution in [0.3, 0.4) is 0 Å². The molecule has 152 valence electrons. The molecule has 4 rings (SSSR count). The summed E-state index contributed by atoms with van der Waals surface area (Å²) in [5.41, 5.74) is 1.00. The van der Waals surface area contributed by atoms with Gasteiger partial charge in [0, 0.05) is 0 Å². The number of nitrogens with one attached hydrogen (secondary N) is 2. The van der Waals surface area contributed by atoms with E-state index < -0.39 is 39.3 Å². The first-order valence-corrected chi connectivity index (χ1v) is 11.0. The molecule has 1 aromatic heterocycles. The van der Waals surface area contributed by atoms with Crippen molar-refractivity contribution in [1.82, 2.24) is 15.1 Å². The van der Waals surface area contributed by atoms with Crippen molar-refractivity contribution in [1.29, 1.82) is 0 Å². The van der Waals surface area contributed by atoms with Crippen molar-refractivity contribution in [2.24, 2.45) is 5.10 Å². The second-order valence-electron chi connectivity index (χ2n) is 6.51. The molecule has 0 radical (unpaired) electrons. The van der Waals surface area contributed by atoms with Crippen LogP contribution in [-0.4, -0.2) is 36.7 Å². The van der Waals surface area contributed by atoms with Crippen LogP contribution in [0, 0.1) is 6.92 Å². The Morgan fingerprint density at radius 3 is 2.43 bits per heavy atom. The van der Waals surface area contributed by atoms with E-state index in [2.05, 4.69) is 10.1 Å². The number of Topliss-reactive ketones (excluding diaryl/α,β-unsaturated/α-hetero) is 1. The number of thiazole rings is 1. The highest BCUT2D eigenvalue weighted by Gasteiger charge is 2.43. The van der Waals surface area contributed by atoms with Crippen LogP contribution in [0.5, 0.6) is 0 Å². The summed E-state index contributed by atoms with van der Waals surface area (Å²) in [7, 11) is -4.09. The Balaban J connectivity index is 1.74. The Hall–Kier alpha value is -3.44. The Kier molecular flexibility index (Phi) is 4.92. The third kappa shape index (κ3) is 3.60. The number of rotatable bonds is 4. The zero-order chi connectivity index (χ0) is 21.5. The van der Waals surface area contributed by atoms with E-state index in [9.17, 15) is 22.8 Å². The van der Waals surface area contributed by atoms with Crippen molar-refractivity contribution in [3.05, 3.63) is 59.1 Å². The molecule has 2 aromatic carbocycles. The summed E-state index contributed by atoms with van der Waals surface area (Å²) < 4.78 is 25.8. The van der Waals surface area contributed by atoms with Gasteiger partial charge in [0.15, 0.2) is 0 Å². The summed E-state index contributed by atoms with van der Waals surface area (Å²) in [5.74, 6) is -4.40. The minimum absolute atomic E-state index is 0.0624. The molecule has 30 heavy (non-hydrogen) atoms. The van der Waals surface area contributed by atoms with Crippen LogP contribution in [0.25, 0.3) is 10.2 Å². The molecule has 0 aliphatic carbocycles. The van der Waals surface area contributed by atoms with Crippen LogP contribution in [0.1, 0.15) is 16.5 Å². The van der Waals surface area contributed by atoms with Gasteiger partial charge in [0.05, 0.1) is 15.1 Å². The van der Waals surface area contributed by atoms with E-state index in [0.29, 0.717) is 5.52 Å². The predicted molar refractivity (Wildman–Crippen MR) is 109 cm³/mol. The van der Waals surface area contributed by atoms with E-state index >= 15 is 0 Å². The average molecular weight is 442 g/mol. The van der Waals surface area contributed by atoms with E-state index in [-0.39, 0.29) is 9.90 Å². The van der Waals surface area contributed by atoms with Gasteiger partial charge >= 0.3 is 0 Å². The topological polar surface area (TPSA) is 135 Å². The summed E-state index contributed by atoms with van der Waals surface area (Å²) in [6.07, 6.45) is 0. The van der Waals surface area contributed by atoms with Gasteiger partial charge in [0.2, 0.25) is 5.78 Å². The van der Waals surface area contributed by atoms with Gasteiger partial charge in [-0.2, -0.15) is 18.4 Å². The Labute approximate surface area is 174 Å². The fourth-order valence-corrected chi connectivity index (χ4v) is 4.74. The van der Waals surface area contributed by atoms with Gasteiger partial charge in [-0.1, -0.05) is 29.8 Å². The minimum atomic E-state index is -4.09. The number of fused-ring (bicyclic) bond motifs is 1. The maximum Gasteiger partial charge on any atom is 0.295 e. The number of aryl methyl sites for hydroxylation is 1. The fraction of sp³-hybridized carbons (Fsp3) is 0.105. The maximum atomic E-state index is 12.5. The van der Waals surface area contributed by atoms with Crippen molar-refractivity contribution in [2.75, 3.05) is 0 Å². The van der Waals surface area contributed by atoms with Gasteiger partial charge in [-0.05, 0) is 31.2 Å². The Morgan fingerprint density at radius 1 is 1.03 bits per heavy atom. The summed E-state index contributed by atoms with van der Waals surface area (Å²) in [6.45, 7) is 1.81. The number of carbonyl (C=O) groups is 3. The van der Waals surface area contributed by atoms with Gasteiger partial charge in [0.25, 0.3) is 21.8 Å². The largest absolute Gasteiger partial charge is 0.295 e. The number of sulfonamides is 1. The highest BCUT2D eigenvalue weighted by atomic mass is 32.2. The monoisotopic (exact) mass is 442 g/mol. The van der Waals surface area contributed by atoms with E-state index in [1.54, 1.807) is 36.4 Å². The molecule has 0 saturated carbocycles. The Morgan fingerprint density at radius 2 is 1.73 bits per heavy atom. The molecule has 1 aliphatic rings. The second kappa shape index (κ2) is 7.43. The molecule has 2 heterocycles. The van der Waals surface area contributed by atoms with E-state index in [4.69, 9.17) is 0 Å². The van der Waals surface area contributed by atoms with Crippen LogP contribution in [0.2, 0.25) is 0 Å². The number of piperidine rings is 1. The highest BCUT2D eigenvalue weighted by Crippen LogP contribution is 2.30. The van der Waals surface area contributed by atoms with Crippen molar-refractivity contribution in [3.8, 4) is 0 Å². The molecule has 11 heteroatoms. The molecule has 2 N–H and O–H groups in total. The number of hydrogen-bond acceptors (Lipinski definition) is 8. The lowest BCUT2D eigenvalue weighted by Crippen LogP contribution is -2.52. The first-order valence-electron chi connectivity index (χ1n) is 8.67. The number of carbonyl (C=O) groups excluding carboxylic acids is 3. The molecule has 1 atom stereocenters. The van der Waals surface area contributed by atoms with E-state index in [1.807, 2.05) is 17.1 Å². The first-order chi connectivity index (χ1) is 14.3. The molecule has 0 unspecified atom stereocenters. The summed E-state index contributed by atoms with van der Waals surface area (Å²) in [5, 5.41) is 5.77. The van der Waals surface area contributed by atoms with Crippen LogP contribution in [0.15, 0.2) is 58.5 Å². The third-order valence-electron chi connectivity index (χ3n) is 4.39. The van der Waals surface area contributed by atoms with Crippen LogP contribution in [-0.2, 0) is 24.4 Å². The van der Waals surface area contributed by atoms with Crippen LogP contribution < -0.4 is 10.1 Å². The molecule has 0 bridgehead atoms. The molecule has 1 saturated heterocycles. The molecule has 1 fully saturated rings. The lowest BCUT2D eigenvalue weighted by Gasteiger charge is -2.19. The number of imide groups is 1. The smallest absolute Gasteiger partial charge is 0.287 e. The predicted octanol–water partition coefficient (Wildman–Crippen LogP) is 1.25. The van der Waals surface area contributed by atoms with Crippen LogP contribution >= 0.6 is 11.3 Å². The van der Waals surface area contributed by atoms with Crippen molar-refractivity contribution in [2.45, 2.75) is 17.7 Å². The molecule has 0 spiro atoms. The van der Waals surface area contributed by atoms with E-state index in [1.165, 1.54) is 12.1 Å². The third-order valence-corrected chi connectivity index (χ3v) is 6.72. The summed E-state index contributed by atoms with van der Waals surface area (Å²) >= 11 is 1.12. The molecule has 9 nitrogen and oxygen atoms in total. The van der Waals surface area contributed by atoms with Gasteiger partial charge in [-0.15, -0.1) is 11.3 Å². The van der Waals surface area contributed by atoms with Gasteiger partial charge < -0.3 is 0 Å². The number of amides is 2. The minimum Gasteiger partial charge on any atom is -0.287 e. The quantitative estimate of drug-likeness (QED) is 0.355. The number of aromatic nitrogens is 1. The van der Waals surface area contributed by atoms with Crippen molar-refractivity contribution >= 4 is 54.9 Å². The summed E-state index contributed by atoms with van der Waals surface area (Å²) in [4.78, 5) is 43.1. The highest BCUT2D eigenvalue weighted by molar-refractivity contribution is 7.89. The van der Waals surface area contributed by atoms with Gasteiger partial charge in [0.1, 0.15) is 16.6 Å². The molecule has 2 amide bonds. The number of nitrogens with zero attached hydrogens (tertiary/aromatic N) is 2. The Bertz CT molecular complexity index is 1290. The van der Waals surface area contributed by atoms with Gasteiger partial charge in [-0.3, -0.25) is 19.7 Å². The maximum absolute atomic E-state index is 12.5. The van der Waals surface area contributed by atoms with Gasteiger partial charge in [-0.25, -0.2) is 4.98 Å². The number of ketones is 1. The lowest BCUT2D eigenvalue weighted by atomic mass is 9.94. The van der Waals surface area contributed by atoms with Crippen molar-refractivity contribution < 1.29 is 22.8 Å². The summed E-state index contributed by atoms with van der Waals surface area (Å²) in [6, 6.07) is 13.1. The lowest BCUT2D eigenvalue weighted by molar-refractivity contribution is -0.141. The average Bonchev–Trinajstić information content (AvgIpc) is 3.13. The van der Waals surface area contributed by atoms with E-state index in [0.717, 1.165) is 21.6 Å². The fourth-order valence-electron chi connectivity index (χ4n) is 2.85. The number of hydrogen-bond donors (Lipinski definition) is 2. The second-order valence-corrected chi connectivity index (χ2v) is 9.23.